The average molecular weight is 289 g/mol. The predicted octanol–water partition coefficient (Wildman–Crippen LogP) is 0.809. The summed E-state index contributed by atoms with van der Waals surface area (Å²) in [5.74, 6) is 0.222. The maximum atomic E-state index is 12.3. The molecule has 0 bridgehead atoms. The molecule has 0 saturated carbocycles. The van der Waals surface area contributed by atoms with Gasteiger partial charge in [-0.05, 0) is 12.6 Å². The molecule has 5 nitrogen and oxygen atoms in total. The molecule has 2 rings (SSSR count). The lowest BCUT2D eigenvalue weighted by Crippen LogP contribution is -2.51. The minimum absolute atomic E-state index is 0.0864. The molecule has 21 heavy (non-hydrogen) atoms. The van der Waals surface area contributed by atoms with Crippen molar-refractivity contribution in [2.75, 3.05) is 39.8 Å². The summed E-state index contributed by atoms with van der Waals surface area (Å²) < 4.78 is 0. The molecule has 1 saturated heterocycles. The van der Waals surface area contributed by atoms with Crippen molar-refractivity contribution in [1.82, 2.24) is 14.7 Å². The molecule has 0 spiro atoms. The lowest BCUT2D eigenvalue weighted by molar-refractivity contribution is -0.139. The van der Waals surface area contributed by atoms with Gasteiger partial charge in [-0.3, -0.25) is 14.5 Å². The second-order valence-corrected chi connectivity index (χ2v) is 5.54. The van der Waals surface area contributed by atoms with Crippen molar-refractivity contribution in [1.29, 1.82) is 0 Å². The van der Waals surface area contributed by atoms with E-state index in [9.17, 15) is 9.59 Å². The van der Waals surface area contributed by atoms with Crippen molar-refractivity contribution in [2.45, 2.75) is 13.5 Å². The number of nitrogens with zero attached hydrogens (tertiary/aromatic N) is 3. The van der Waals surface area contributed by atoms with E-state index in [0.29, 0.717) is 32.7 Å². The Morgan fingerprint density at radius 2 is 1.62 bits per heavy atom. The van der Waals surface area contributed by atoms with Gasteiger partial charge < -0.3 is 9.80 Å². The Morgan fingerprint density at radius 3 is 2.19 bits per heavy atom. The molecule has 0 atom stereocenters. The van der Waals surface area contributed by atoms with Crippen LogP contribution in [0.5, 0.6) is 0 Å². The van der Waals surface area contributed by atoms with Gasteiger partial charge in [0.2, 0.25) is 11.8 Å². The topological polar surface area (TPSA) is 43.9 Å². The number of rotatable bonds is 4. The Balaban J connectivity index is 1.78. The average Bonchev–Trinajstić information content (AvgIpc) is 2.48. The number of hydrogen-bond donors (Lipinski definition) is 0. The molecular formula is C16H23N3O2. The van der Waals surface area contributed by atoms with Crippen LogP contribution in [0.25, 0.3) is 0 Å². The zero-order valence-electron chi connectivity index (χ0n) is 12.8. The highest BCUT2D eigenvalue weighted by molar-refractivity contribution is 5.79. The first-order valence-electron chi connectivity index (χ1n) is 7.32. The molecule has 1 aromatic carbocycles. The number of hydrogen-bond acceptors (Lipinski definition) is 3. The summed E-state index contributed by atoms with van der Waals surface area (Å²) in [6.45, 7) is 5.31. The number of piperazine rings is 1. The van der Waals surface area contributed by atoms with Crippen molar-refractivity contribution in [2.24, 2.45) is 0 Å². The van der Waals surface area contributed by atoms with Crippen LogP contribution in [-0.4, -0.2) is 66.3 Å². The summed E-state index contributed by atoms with van der Waals surface area (Å²) >= 11 is 0. The summed E-state index contributed by atoms with van der Waals surface area (Å²) in [5, 5.41) is 0. The second-order valence-electron chi connectivity index (χ2n) is 5.54. The lowest BCUT2D eigenvalue weighted by atomic mass is 10.2. The van der Waals surface area contributed by atoms with Crippen LogP contribution in [0.4, 0.5) is 0 Å². The van der Waals surface area contributed by atoms with Gasteiger partial charge in [-0.25, -0.2) is 0 Å². The van der Waals surface area contributed by atoms with Crippen molar-refractivity contribution in [3.63, 3.8) is 0 Å². The molecule has 0 N–H and O–H groups in total. The van der Waals surface area contributed by atoms with Gasteiger partial charge in [0.15, 0.2) is 0 Å². The Hall–Kier alpha value is -1.88. The van der Waals surface area contributed by atoms with Crippen molar-refractivity contribution in [3.05, 3.63) is 35.9 Å². The first kappa shape index (κ1) is 15.5. The van der Waals surface area contributed by atoms with Crippen molar-refractivity contribution in [3.8, 4) is 0 Å². The number of amides is 2. The highest BCUT2D eigenvalue weighted by atomic mass is 16.2. The van der Waals surface area contributed by atoms with E-state index in [4.69, 9.17) is 0 Å². The highest BCUT2D eigenvalue weighted by Gasteiger charge is 2.22. The maximum Gasteiger partial charge on any atom is 0.236 e. The Morgan fingerprint density at radius 1 is 1.05 bits per heavy atom. The van der Waals surface area contributed by atoms with Gasteiger partial charge in [-0.2, -0.15) is 0 Å². The quantitative estimate of drug-likeness (QED) is 0.824. The number of likely N-dealkylation sites (N-methyl/N-ethyl adjacent to an activating group) is 1. The minimum atomic E-state index is 0.0864. The molecule has 114 valence electrons. The Kier molecular flexibility index (Phi) is 5.33. The molecule has 1 aromatic rings. The smallest absolute Gasteiger partial charge is 0.236 e. The van der Waals surface area contributed by atoms with Gasteiger partial charge in [0.25, 0.3) is 0 Å². The highest BCUT2D eigenvalue weighted by Crippen LogP contribution is 2.06. The molecule has 2 amide bonds. The van der Waals surface area contributed by atoms with Gasteiger partial charge in [0, 0.05) is 39.6 Å². The molecule has 5 heteroatoms. The van der Waals surface area contributed by atoms with Crippen LogP contribution in [0.3, 0.4) is 0 Å². The summed E-state index contributed by atoms with van der Waals surface area (Å²) in [7, 11) is 1.96. The predicted molar refractivity (Wildman–Crippen MR) is 81.6 cm³/mol. The van der Waals surface area contributed by atoms with Crippen LogP contribution in [0.15, 0.2) is 30.3 Å². The van der Waals surface area contributed by atoms with Crippen molar-refractivity contribution < 1.29 is 9.59 Å². The van der Waals surface area contributed by atoms with Crippen LogP contribution >= 0.6 is 0 Å². The zero-order chi connectivity index (χ0) is 15.2. The van der Waals surface area contributed by atoms with Gasteiger partial charge in [0.05, 0.1) is 6.54 Å². The van der Waals surface area contributed by atoms with Crippen LogP contribution in [0.1, 0.15) is 12.5 Å². The van der Waals surface area contributed by atoms with E-state index >= 15 is 0 Å². The largest absolute Gasteiger partial charge is 0.339 e. The van der Waals surface area contributed by atoms with E-state index < -0.39 is 0 Å². The van der Waals surface area contributed by atoms with E-state index in [1.165, 1.54) is 5.56 Å². The third-order valence-electron chi connectivity index (χ3n) is 3.78. The normalized spacial score (nSPS) is 15.4. The zero-order valence-corrected chi connectivity index (χ0v) is 12.8. The number of benzene rings is 1. The fraction of sp³-hybridized carbons (Fsp3) is 0.500. The van der Waals surface area contributed by atoms with E-state index in [1.54, 1.807) is 11.8 Å². The summed E-state index contributed by atoms with van der Waals surface area (Å²) in [5.41, 5.74) is 1.20. The fourth-order valence-electron chi connectivity index (χ4n) is 2.55. The van der Waals surface area contributed by atoms with E-state index in [-0.39, 0.29) is 11.8 Å². The van der Waals surface area contributed by atoms with Crippen LogP contribution in [0.2, 0.25) is 0 Å². The number of carbonyl (C=O) groups excluding carboxylic acids is 2. The molecule has 1 aliphatic heterocycles. The molecule has 0 radical (unpaired) electrons. The molecule has 0 aromatic heterocycles. The van der Waals surface area contributed by atoms with Crippen LogP contribution in [0, 0.1) is 0 Å². The Bertz CT molecular complexity index is 482. The summed E-state index contributed by atoms with van der Waals surface area (Å²) in [4.78, 5) is 29.2. The third-order valence-corrected chi connectivity index (χ3v) is 3.78. The van der Waals surface area contributed by atoms with E-state index in [1.807, 2.05) is 35.0 Å². The fourth-order valence-corrected chi connectivity index (χ4v) is 2.55. The van der Waals surface area contributed by atoms with E-state index in [0.717, 1.165) is 6.54 Å². The molecule has 0 unspecified atom stereocenters. The molecular weight excluding hydrogens is 266 g/mol. The van der Waals surface area contributed by atoms with Crippen molar-refractivity contribution >= 4 is 11.8 Å². The van der Waals surface area contributed by atoms with Gasteiger partial charge >= 0.3 is 0 Å². The van der Waals surface area contributed by atoms with Gasteiger partial charge in [0.1, 0.15) is 0 Å². The monoisotopic (exact) mass is 289 g/mol. The lowest BCUT2D eigenvalue weighted by Gasteiger charge is -2.35. The summed E-state index contributed by atoms with van der Waals surface area (Å²) in [6.07, 6.45) is 0. The van der Waals surface area contributed by atoms with Gasteiger partial charge in [-0.15, -0.1) is 0 Å². The summed E-state index contributed by atoms with van der Waals surface area (Å²) in [6, 6.07) is 10.1. The number of carbonyl (C=O) groups is 2. The molecule has 1 aliphatic rings. The molecule has 0 aliphatic carbocycles. The molecule has 1 heterocycles. The first-order valence-corrected chi connectivity index (χ1v) is 7.32. The van der Waals surface area contributed by atoms with Gasteiger partial charge in [-0.1, -0.05) is 30.3 Å². The third kappa shape index (κ3) is 4.56. The SMILES string of the molecule is CC(=O)N1CCN(C(=O)CN(C)Cc2ccccc2)CC1. The maximum absolute atomic E-state index is 12.3. The standard InChI is InChI=1S/C16H23N3O2/c1-14(20)18-8-10-19(11-9-18)16(21)13-17(2)12-15-6-4-3-5-7-15/h3-7H,8-13H2,1-2H3. The molecule has 1 fully saturated rings. The Labute approximate surface area is 126 Å². The van der Waals surface area contributed by atoms with Crippen LogP contribution < -0.4 is 0 Å². The van der Waals surface area contributed by atoms with E-state index in [2.05, 4.69) is 12.1 Å². The second kappa shape index (κ2) is 7.22. The van der Waals surface area contributed by atoms with Crippen LogP contribution in [-0.2, 0) is 16.1 Å². The minimum Gasteiger partial charge on any atom is -0.339 e. The first-order chi connectivity index (χ1) is 10.1.